The molecule has 0 saturated heterocycles. The van der Waals surface area contributed by atoms with Gasteiger partial charge in [-0.05, 0) is 5.56 Å². The average Bonchev–Trinajstić information content (AvgIpc) is 3.27. The van der Waals surface area contributed by atoms with E-state index in [1.54, 1.807) is 0 Å². The third-order valence-corrected chi connectivity index (χ3v) is 4.53. The Bertz CT molecular complexity index is 1060. The van der Waals surface area contributed by atoms with E-state index in [1.807, 2.05) is 0 Å². The largest absolute Gasteiger partial charge is 4.00 e. The van der Waals surface area contributed by atoms with Crippen LogP contribution < -0.4 is 0 Å². The summed E-state index contributed by atoms with van der Waals surface area (Å²) < 4.78 is 0. The van der Waals surface area contributed by atoms with E-state index in [4.69, 9.17) is 0 Å². The average molecular weight is 398 g/mol. The van der Waals surface area contributed by atoms with Crippen LogP contribution in [0, 0.1) is 21.8 Å². The van der Waals surface area contributed by atoms with Gasteiger partial charge in [0.2, 0.25) is 0 Å². The number of hydrogen-bond donors (Lipinski definition) is 0. The molecule has 0 aliphatic rings. The molecule has 5 aromatic carbocycles. The summed E-state index contributed by atoms with van der Waals surface area (Å²) in [5.74, 6) is 0. The third kappa shape index (κ3) is 5.10. The second kappa shape index (κ2) is 10.8. The summed E-state index contributed by atoms with van der Waals surface area (Å²) in [6.07, 6.45) is 0. The summed E-state index contributed by atoms with van der Waals surface area (Å²) in [4.78, 5) is 0. The summed E-state index contributed by atoms with van der Waals surface area (Å²) >= 11 is 0. The van der Waals surface area contributed by atoms with Crippen LogP contribution in [0.25, 0.3) is 32.7 Å². The second-order valence-electron chi connectivity index (χ2n) is 6.36. The van der Waals surface area contributed by atoms with E-state index in [0.717, 1.165) is 0 Å². The topological polar surface area (TPSA) is 0 Å². The van der Waals surface area contributed by atoms with E-state index in [0.29, 0.717) is 0 Å². The van der Waals surface area contributed by atoms with Gasteiger partial charge in [0.15, 0.2) is 0 Å². The second-order valence-corrected chi connectivity index (χ2v) is 6.36. The standard InChI is InChI=1S/C15H11.C10H9.2CH3.Ti/c1-2-6-12(7-3-1)14-10-4-8-13-9-5-11-15(13)14;1-8-6-9-4-2-3-5-10(9)7-8;;;/h1-11H;2-7H,1H3;2*1H3;/q4*-1;+4. The molecule has 138 valence electrons. The Morgan fingerprint density at radius 2 is 1.36 bits per heavy atom. The van der Waals surface area contributed by atoms with Crippen LogP contribution in [0.4, 0.5) is 0 Å². The predicted octanol–water partition coefficient (Wildman–Crippen LogP) is 7.99. The molecule has 0 unspecified atom stereocenters. The fraction of sp³-hybridized carbons (Fsp3) is 0.0370. The van der Waals surface area contributed by atoms with Crippen molar-refractivity contribution in [3.8, 4) is 11.1 Å². The summed E-state index contributed by atoms with van der Waals surface area (Å²) in [5.41, 5.74) is 3.95. The Labute approximate surface area is 184 Å². The molecule has 0 radical (unpaired) electrons. The maximum atomic E-state index is 2.20. The minimum Gasteiger partial charge on any atom is -0.358 e. The zero-order chi connectivity index (χ0) is 17.1. The molecule has 28 heavy (non-hydrogen) atoms. The van der Waals surface area contributed by atoms with Crippen molar-refractivity contribution in [2.75, 3.05) is 0 Å². The quantitative estimate of drug-likeness (QED) is 0.198. The van der Waals surface area contributed by atoms with Crippen LogP contribution in [0.1, 0.15) is 5.56 Å². The first-order chi connectivity index (χ1) is 12.3. The molecular formula is C27H26Ti. The maximum Gasteiger partial charge on any atom is 4.00 e. The van der Waals surface area contributed by atoms with Gasteiger partial charge < -0.3 is 14.9 Å². The zero-order valence-corrected chi connectivity index (χ0v) is 18.4. The molecule has 0 fully saturated rings. The first kappa shape index (κ1) is 23.6. The number of rotatable bonds is 1. The molecule has 0 aliphatic heterocycles. The van der Waals surface area contributed by atoms with E-state index < -0.39 is 0 Å². The van der Waals surface area contributed by atoms with Crippen LogP contribution >= 0.6 is 0 Å². The molecule has 0 spiro atoms. The van der Waals surface area contributed by atoms with E-state index in [9.17, 15) is 0 Å². The van der Waals surface area contributed by atoms with Crippen molar-refractivity contribution >= 4 is 21.5 Å². The van der Waals surface area contributed by atoms with Crippen LogP contribution in [0.3, 0.4) is 0 Å². The summed E-state index contributed by atoms with van der Waals surface area (Å²) in [5, 5.41) is 5.35. The van der Waals surface area contributed by atoms with Gasteiger partial charge in [-0.15, -0.1) is 69.6 Å². The fourth-order valence-corrected chi connectivity index (χ4v) is 3.34. The van der Waals surface area contributed by atoms with Crippen molar-refractivity contribution in [3.05, 3.63) is 124 Å². The van der Waals surface area contributed by atoms with Gasteiger partial charge in [-0.25, -0.2) is 0 Å². The van der Waals surface area contributed by atoms with Crippen molar-refractivity contribution < 1.29 is 21.7 Å². The maximum absolute atomic E-state index is 2.20. The monoisotopic (exact) mass is 398 g/mol. The van der Waals surface area contributed by atoms with E-state index >= 15 is 0 Å². The molecule has 0 bridgehead atoms. The van der Waals surface area contributed by atoms with Gasteiger partial charge in [-0.2, -0.15) is 18.2 Å². The van der Waals surface area contributed by atoms with Gasteiger partial charge >= 0.3 is 21.7 Å². The number of benzene rings is 3. The fourth-order valence-electron chi connectivity index (χ4n) is 3.34. The normalized spacial score (nSPS) is 9.46. The smallest absolute Gasteiger partial charge is 0.358 e. The van der Waals surface area contributed by atoms with Crippen LogP contribution in [-0.2, 0) is 21.7 Å². The van der Waals surface area contributed by atoms with Crippen molar-refractivity contribution in [1.82, 2.24) is 0 Å². The Balaban J connectivity index is 0.000000269. The van der Waals surface area contributed by atoms with Gasteiger partial charge in [-0.1, -0.05) is 55.0 Å². The molecule has 0 heterocycles. The molecule has 0 aliphatic carbocycles. The van der Waals surface area contributed by atoms with Gasteiger partial charge in [0.25, 0.3) is 0 Å². The van der Waals surface area contributed by atoms with Gasteiger partial charge in [0.1, 0.15) is 0 Å². The van der Waals surface area contributed by atoms with Crippen molar-refractivity contribution in [1.29, 1.82) is 0 Å². The van der Waals surface area contributed by atoms with Crippen molar-refractivity contribution in [2.24, 2.45) is 0 Å². The van der Waals surface area contributed by atoms with Gasteiger partial charge in [0.05, 0.1) is 0 Å². The Morgan fingerprint density at radius 3 is 2.11 bits per heavy atom. The molecule has 1 heteroatoms. The Hall–Kier alpha value is -2.41. The van der Waals surface area contributed by atoms with E-state index in [1.165, 1.54) is 38.2 Å². The first-order valence-corrected chi connectivity index (χ1v) is 8.63. The summed E-state index contributed by atoms with van der Waals surface area (Å²) in [7, 11) is 0. The van der Waals surface area contributed by atoms with Crippen LogP contribution in [0.5, 0.6) is 0 Å². The molecular weight excluding hydrogens is 372 g/mol. The first-order valence-electron chi connectivity index (χ1n) is 8.63. The molecule has 0 N–H and O–H groups in total. The number of aryl methyl sites for hydroxylation is 1. The zero-order valence-electron chi connectivity index (χ0n) is 16.8. The molecule has 5 rings (SSSR count). The molecule has 0 amide bonds. The predicted molar refractivity (Wildman–Crippen MR) is 122 cm³/mol. The number of fused-ring (bicyclic) bond motifs is 2. The van der Waals surface area contributed by atoms with Crippen LogP contribution in [-0.4, -0.2) is 0 Å². The van der Waals surface area contributed by atoms with E-state index in [-0.39, 0.29) is 36.6 Å². The minimum atomic E-state index is 0. The molecule has 0 aromatic heterocycles. The van der Waals surface area contributed by atoms with Gasteiger partial charge in [0, 0.05) is 0 Å². The Morgan fingerprint density at radius 1 is 0.679 bits per heavy atom. The Kier molecular flexibility index (Phi) is 9.12. The third-order valence-electron chi connectivity index (χ3n) is 4.53. The van der Waals surface area contributed by atoms with Crippen LogP contribution in [0.2, 0.25) is 0 Å². The van der Waals surface area contributed by atoms with Gasteiger partial charge in [-0.3, -0.25) is 0 Å². The minimum absolute atomic E-state index is 0. The van der Waals surface area contributed by atoms with Crippen molar-refractivity contribution in [3.63, 3.8) is 0 Å². The molecule has 5 aromatic rings. The SMILES string of the molecule is Cc1cc2ccccc2[cH-]1.[CH3-].[CH3-].[Ti+4].c1ccc(-c2cccc3[cH-]ccc23)cc1. The molecule has 0 saturated carbocycles. The van der Waals surface area contributed by atoms with Crippen LogP contribution in [0.15, 0.2) is 103 Å². The molecule has 0 nitrogen and oxygen atoms in total. The van der Waals surface area contributed by atoms with Crippen molar-refractivity contribution in [2.45, 2.75) is 6.92 Å². The number of hydrogen-bond acceptors (Lipinski definition) is 0. The molecule has 0 atom stereocenters. The van der Waals surface area contributed by atoms with E-state index in [2.05, 4.69) is 110 Å². The summed E-state index contributed by atoms with van der Waals surface area (Å²) in [6, 6.07) is 36.2. The summed E-state index contributed by atoms with van der Waals surface area (Å²) in [6.45, 7) is 2.12.